The van der Waals surface area contributed by atoms with E-state index in [2.05, 4.69) is 49.2 Å². The summed E-state index contributed by atoms with van der Waals surface area (Å²) in [5, 5.41) is 84.4. The number of aryl methyl sites for hydroxylation is 6. The van der Waals surface area contributed by atoms with Crippen LogP contribution < -0.4 is 0 Å². The third kappa shape index (κ3) is 21.2. The van der Waals surface area contributed by atoms with Crippen LogP contribution in [0.3, 0.4) is 0 Å². The molecule has 0 aliphatic heterocycles. The van der Waals surface area contributed by atoms with E-state index >= 15 is 0 Å². The SMILES string of the molecule is CCCCCCCCCCCc1csc2cc(-c3c([N+](=O)[O-])c([N+](=O)[O-])c(-c4cc5scc(CCCCCCCCCCC)c5s4)c4nn(CCCCCCn5nc6c(-c7cc8scc(CCCCCCCCCCC)c8s7)c([N+](=O)[O-])c([N+](=O)[O-])c(-c7cc8scc(CCCCCCCCCCC)c8s7)c6n5)nc34)sc12. The van der Waals surface area contributed by atoms with Gasteiger partial charge in [-0.15, -0.1) is 90.7 Å². The topological polar surface area (TPSA) is 234 Å². The maximum absolute atomic E-state index is 13.8. The van der Waals surface area contributed by atoms with Crippen molar-refractivity contribution >= 4 is 173 Å². The van der Waals surface area contributed by atoms with E-state index in [0.717, 1.165) is 115 Å². The molecule has 12 rings (SSSR count). The van der Waals surface area contributed by atoms with Crippen molar-refractivity contribution in [3.63, 3.8) is 0 Å². The highest BCUT2D eigenvalue weighted by atomic mass is 32.1. The molecule has 0 fully saturated rings. The van der Waals surface area contributed by atoms with Crippen LogP contribution in [0.2, 0.25) is 0 Å². The van der Waals surface area contributed by atoms with Gasteiger partial charge in [0.1, 0.15) is 44.3 Å². The summed E-state index contributed by atoms with van der Waals surface area (Å²) >= 11 is 12.2. The summed E-state index contributed by atoms with van der Waals surface area (Å²) in [5.41, 5.74) is 4.02. The van der Waals surface area contributed by atoms with Gasteiger partial charge in [0, 0.05) is 57.1 Å². The van der Waals surface area contributed by atoms with Gasteiger partial charge in [0.25, 0.3) is 0 Å². The standard InChI is InChI=1S/C86H112N10O8S8/c1-5-9-13-17-21-25-29-33-39-45-59-55-105-67-51-63(109-83(59)67)71-75-76(72(80(94(99)100)79(71)93(97)98)64-52-68-84(110-64)60(56-106-68)46-40-34-30-26-22-18-14-10-6-2)88-91(87-75)49-43-37-38-44-50-92-89-77-73(65-53-69-85(111-65)61(57-107-69)47-41-35-31-27-23-19-15-11-7-3)81(95(101)102)82(96(103)104)74(78(77)90-92)66-54-70-86(112-66)62(58-108-70)48-42-36-32-28-24-20-16-12-8-4/h51-58H,5-50H2,1-4H3. The molecule has 12 aromatic rings. The minimum absolute atomic E-state index is 0.121. The number of thiophene rings is 8. The summed E-state index contributed by atoms with van der Waals surface area (Å²) in [6, 6.07) is 7.81. The Labute approximate surface area is 690 Å². The van der Waals surface area contributed by atoms with Crippen molar-refractivity contribution in [3.8, 4) is 41.8 Å². The predicted molar refractivity (Wildman–Crippen MR) is 479 cm³/mol. The van der Waals surface area contributed by atoms with Crippen LogP contribution in [-0.2, 0) is 38.8 Å². The largest absolute Gasteiger partial charge is 0.357 e. The van der Waals surface area contributed by atoms with Crippen molar-refractivity contribution in [2.75, 3.05) is 0 Å². The maximum atomic E-state index is 13.8. The van der Waals surface area contributed by atoms with E-state index in [9.17, 15) is 40.5 Å². The van der Waals surface area contributed by atoms with Crippen molar-refractivity contribution < 1.29 is 19.7 Å². The molecule has 0 saturated carbocycles. The summed E-state index contributed by atoms with van der Waals surface area (Å²) in [6.07, 6.45) is 49.9. The average Bonchev–Trinajstić information content (AvgIpc) is 1.53. The zero-order chi connectivity index (χ0) is 78.3. The number of hydrogen-bond donors (Lipinski definition) is 0. The van der Waals surface area contributed by atoms with Gasteiger partial charge in [0.2, 0.25) is 0 Å². The molecule has 18 nitrogen and oxygen atoms in total. The van der Waals surface area contributed by atoms with E-state index in [1.807, 2.05) is 24.3 Å². The van der Waals surface area contributed by atoms with Crippen LogP contribution >= 0.6 is 90.7 Å². The molecule has 0 aliphatic rings. The van der Waals surface area contributed by atoms with E-state index in [4.69, 9.17) is 20.4 Å². The number of hydrogen-bond acceptors (Lipinski definition) is 20. The number of fused-ring (bicyclic) bond motifs is 6. The fraction of sp³-hybridized carbons (Fsp3) is 0.581. The molecule has 26 heteroatoms. The number of nitro groups is 4. The second kappa shape index (κ2) is 42.9. The molecule has 0 spiro atoms. The molecule has 2 aromatic carbocycles. The van der Waals surface area contributed by atoms with Gasteiger partial charge < -0.3 is 0 Å². The Morgan fingerprint density at radius 3 is 0.661 bits per heavy atom. The first-order valence-corrected chi connectivity index (χ1v) is 49.1. The highest BCUT2D eigenvalue weighted by molar-refractivity contribution is 7.31. The van der Waals surface area contributed by atoms with Crippen LogP contribution in [0.4, 0.5) is 22.7 Å². The van der Waals surface area contributed by atoms with Crippen molar-refractivity contribution in [2.24, 2.45) is 0 Å². The van der Waals surface area contributed by atoms with Crippen molar-refractivity contribution in [1.82, 2.24) is 30.0 Å². The van der Waals surface area contributed by atoms with E-state index in [-0.39, 0.29) is 44.3 Å². The van der Waals surface area contributed by atoms with Crippen LogP contribution in [0.25, 0.3) is 101 Å². The number of benzene rings is 2. The Morgan fingerprint density at radius 2 is 0.464 bits per heavy atom. The lowest BCUT2D eigenvalue weighted by Gasteiger charge is -2.07. The Hall–Kier alpha value is -6.52. The number of unbranched alkanes of at least 4 members (excludes halogenated alkanes) is 35. The van der Waals surface area contributed by atoms with E-state index < -0.39 is 42.4 Å². The Bertz CT molecular complexity index is 4470. The first-order valence-electron chi connectivity index (χ1n) is 42.3. The van der Waals surface area contributed by atoms with Crippen molar-refractivity contribution in [1.29, 1.82) is 0 Å². The molecule has 0 atom stereocenters. The van der Waals surface area contributed by atoms with Crippen LogP contribution in [0.1, 0.15) is 307 Å². The summed E-state index contributed by atoms with van der Waals surface area (Å²) < 4.78 is 8.13. The summed E-state index contributed by atoms with van der Waals surface area (Å²) in [6.45, 7) is 9.61. The van der Waals surface area contributed by atoms with Crippen molar-refractivity contribution in [3.05, 3.63) is 108 Å². The molecule has 10 aromatic heterocycles. The summed E-state index contributed by atoms with van der Waals surface area (Å²) in [5.74, 6) is 0. The monoisotopic (exact) mass is 1670 g/mol. The molecular weight excluding hydrogens is 1560 g/mol. The zero-order valence-corrected chi connectivity index (χ0v) is 72.7. The normalized spacial score (nSPS) is 12.1. The number of rotatable bonds is 55. The molecule has 112 heavy (non-hydrogen) atoms. The molecule has 0 saturated heterocycles. The maximum Gasteiger partial charge on any atom is 0.357 e. The minimum Gasteiger partial charge on any atom is -0.258 e. The molecule has 0 unspecified atom stereocenters. The van der Waals surface area contributed by atoms with Gasteiger partial charge in [-0.25, -0.2) is 0 Å². The molecule has 0 N–H and O–H groups in total. The second-order valence-corrected chi connectivity index (χ2v) is 38.8. The second-order valence-electron chi connectivity index (χ2n) is 30.9. The smallest absolute Gasteiger partial charge is 0.258 e. The molecule has 0 aliphatic carbocycles. The Balaban J connectivity index is 0.821. The van der Waals surface area contributed by atoms with Crippen LogP contribution in [0, 0.1) is 40.5 Å². The molecule has 10 heterocycles. The van der Waals surface area contributed by atoms with Crippen LogP contribution in [0.5, 0.6) is 0 Å². The van der Waals surface area contributed by atoms with Crippen LogP contribution in [-0.4, -0.2) is 49.7 Å². The number of aromatic nitrogens is 6. The molecule has 602 valence electrons. The first kappa shape index (κ1) is 84.9. The lowest BCUT2D eigenvalue weighted by Crippen LogP contribution is -2.04. The van der Waals surface area contributed by atoms with Crippen LogP contribution in [0.15, 0.2) is 45.8 Å². The minimum atomic E-state index is -0.585. The quantitative estimate of drug-likeness (QED) is 0.0197. The van der Waals surface area contributed by atoms with Gasteiger partial charge >= 0.3 is 22.7 Å². The van der Waals surface area contributed by atoms with Gasteiger partial charge in [-0.1, -0.05) is 246 Å². The molecule has 0 bridgehead atoms. The predicted octanol–water partition coefficient (Wildman–Crippen LogP) is 31.1. The van der Waals surface area contributed by atoms with Crippen molar-refractivity contribution in [2.45, 2.75) is 323 Å². The van der Waals surface area contributed by atoms with E-state index in [0.29, 0.717) is 58.3 Å². The van der Waals surface area contributed by atoms with Gasteiger partial charge in [-0.3, -0.25) is 40.5 Å². The highest BCUT2D eigenvalue weighted by Crippen LogP contribution is 2.57. The third-order valence-electron chi connectivity index (χ3n) is 22.3. The molecular formula is C86H112N10O8S8. The number of nitro benzene ring substituents is 4. The third-order valence-corrected chi connectivity index (χ3v) is 31.6. The molecule has 0 amide bonds. The summed E-state index contributed by atoms with van der Waals surface area (Å²) in [7, 11) is 0. The first-order chi connectivity index (χ1) is 54.8. The van der Waals surface area contributed by atoms with Gasteiger partial charge in [0.05, 0.1) is 32.8 Å². The van der Waals surface area contributed by atoms with E-state index in [1.54, 1.807) is 54.9 Å². The van der Waals surface area contributed by atoms with Gasteiger partial charge in [-0.05, 0) is 132 Å². The fourth-order valence-electron chi connectivity index (χ4n) is 16.2. The Morgan fingerprint density at radius 1 is 0.277 bits per heavy atom. The lowest BCUT2D eigenvalue weighted by molar-refractivity contribution is -0.421. The zero-order valence-electron chi connectivity index (χ0n) is 66.1. The van der Waals surface area contributed by atoms with Gasteiger partial charge in [0.15, 0.2) is 0 Å². The Kier molecular flexibility index (Phi) is 32.5. The summed E-state index contributed by atoms with van der Waals surface area (Å²) in [4.78, 5) is 58.2. The highest BCUT2D eigenvalue weighted by Gasteiger charge is 2.43. The fourth-order valence-corrected chi connectivity index (χ4v) is 26.1. The molecule has 0 radical (unpaired) electrons. The average molecular weight is 1670 g/mol. The lowest BCUT2D eigenvalue weighted by atomic mass is 10.0. The number of nitrogens with zero attached hydrogens (tertiary/aromatic N) is 10. The van der Waals surface area contributed by atoms with Gasteiger partial charge in [-0.2, -0.15) is 30.0 Å². The van der Waals surface area contributed by atoms with E-state index in [1.165, 1.54) is 247 Å².